The van der Waals surface area contributed by atoms with E-state index in [2.05, 4.69) is 47.8 Å². The molecule has 0 aromatic heterocycles. The quantitative estimate of drug-likeness (QED) is 0.676. The lowest BCUT2D eigenvalue weighted by molar-refractivity contribution is 0.225. The lowest BCUT2D eigenvalue weighted by Crippen LogP contribution is -2.27. The maximum absolute atomic E-state index is 9.36. The number of allylic oxidation sites excluding steroid dienone is 2. The van der Waals surface area contributed by atoms with Crippen LogP contribution in [0.3, 0.4) is 0 Å². The second kappa shape index (κ2) is 3.09. The first-order valence-corrected chi connectivity index (χ1v) is 5.03. The monoisotopic (exact) mass is 330 g/mol. The summed E-state index contributed by atoms with van der Waals surface area (Å²) in [5.74, 6) is 0. The summed E-state index contributed by atoms with van der Waals surface area (Å²) in [5.41, 5.74) is 0. The molecule has 0 radical (unpaired) electrons. The zero-order chi connectivity index (χ0) is 7.78. The molecule has 0 bridgehead atoms. The Morgan fingerprint density at radius 1 is 1.50 bits per heavy atom. The van der Waals surface area contributed by atoms with Crippen LogP contribution in [0.5, 0.6) is 0 Å². The van der Waals surface area contributed by atoms with Crippen LogP contribution in [0, 0.1) is 0 Å². The molecule has 1 rings (SSSR count). The fraction of sp³-hybridized carbons (Fsp3) is 0.333. The second-order valence-corrected chi connectivity index (χ2v) is 6.61. The summed E-state index contributed by atoms with van der Waals surface area (Å²) in [7, 11) is 0. The lowest BCUT2D eigenvalue weighted by Gasteiger charge is -2.23. The van der Waals surface area contributed by atoms with E-state index in [-0.39, 0.29) is 0 Å². The normalized spacial score (nSPS) is 30.0. The molecule has 1 aliphatic rings. The van der Waals surface area contributed by atoms with Crippen LogP contribution in [0.1, 0.15) is 0 Å². The van der Waals surface area contributed by atoms with E-state index in [9.17, 15) is 5.11 Å². The minimum atomic E-state index is -0.535. The van der Waals surface area contributed by atoms with Crippen LogP contribution in [0.2, 0.25) is 0 Å². The molecule has 0 aromatic rings. The highest BCUT2D eigenvalue weighted by molar-refractivity contribution is 9.25. The minimum Gasteiger partial charge on any atom is -0.386 e. The first kappa shape index (κ1) is 8.97. The molecule has 1 aliphatic carbocycles. The van der Waals surface area contributed by atoms with E-state index >= 15 is 0 Å². The summed E-state index contributed by atoms with van der Waals surface area (Å²) >= 11 is 9.85. The van der Waals surface area contributed by atoms with Gasteiger partial charge in [0, 0.05) is 4.48 Å². The summed E-state index contributed by atoms with van der Waals surface area (Å²) in [6.07, 6.45) is 4.88. The molecule has 0 aromatic carbocycles. The first-order valence-electron chi connectivity index (χ1n) is 2.65. The SMILES string of the molecule is OC1C=C(Br)C=CC1(Br)Br. The molecule has 1 N–H and O–H groups in total. The van der Waals surface area contributed by atoms with Crippen molar-refractivity contribution in [2.75, 3.05) is 0 Å². The average Bonchev–Trinajstić information content (AvgIpc) is 1.81. The van der Waals surface area contributed by atoms with Gasteiger partial charge in [-0.3, -0.25) is 0 Å². The molecule has 1 nitrogen and oxygen atoms in total. The molecule has 10 heavy (non-hydrogen) atoms. The van der Waals surface area contributed by atoms with E-state index in [1.807, 2.05) is 12.2 Å². The highest BCUT2D eigenvalue weighted by Crippen LogP contribution is 2.36. The summed E-state index contributed by atoms with van der Waals surface area (Å²) in [4.78, 5) is 0. The van der Waals surface area contributed by atoms with Crippen LogP contribution < -0.4 is 0 Å². The zero-order valence-corrected chi connectivity index (χ0v) is 9.65. The van der Waals surface area contributed by atoms with Gasteiger partial charge in [0.25, 0.3) is 0 Å². The summed E-state index contributed by atoms with van der Waals surface area (Å²) in [6, 6.07) is 0. The molecule has 0 fully saturated rings. The zero-order valence-electron chi connectivity index (χ0n) is 4.89. The first-order chi connectivity index (χ1) is 4.52. The third-order valence-electron chi connectivity index (χ3n) is 1.18. The van der Waals surface area contributed by atoms with E-state index in [1.165, 1.54) is 0 Å². The standard InChI is InChI=1S/C6H5Br3O/c7-4-1-2-6(8,9)5(10)3-4/h1-3,5,10H. The largest absolute Gasteiger partial charge is 0.386 e. The van der Waals surface area contributed by atoms with E-state index in [0.717, 1.165) is 4.48 Å². The van der Waals surface area contributed by atoms with Crippen molar-refractivity contribution in [1.29, 1.82) is 0 Å². The van der Waals surface area contributed by atoms with Gasteiger partial charge in [0.1, 0.15) is 9.34 Å². The van der Waals surface area contributed by atoms with Crippen molar-refractivity contribution in [1.82, 2.24) is 0 Å². The van der Waals surface area contributed by atoms with Gasteiger partial charge in [-0.05, 0) is 12.2 Å². The Morgan fingerprint density at radius 3 is 2.50 bits per heavy atom. The number of aliphatic hydroxyl groups excluding tert-OH is 1. The third-order valence-corrected chi connectivity index (χ3v) is 3.17. The molecule has 0 heterocycles. The van der Waals surface area contributed by atoms with E-state index in [0.29, 0.717) is 0 Å². The Balaban J connectivity index is 2.84. The Hall–Kier alpha value is 0.880. The molecule has 1 atom stereocenters. The fourth-order valence-electron chi connectivity index (χ4n) is 0.607. The topological polar surface area (TPSA) is 20.2 Å². The highest BCUT2D eigenvalue weighted by atomic mass is 79.9. The Labute approximate surface area is 84.6 Å². The van der Waals surface area contributed by atoms with E-state index in [4.69, 9.17) is 0 Å². The van der Waals surface area contributed by atoms with Gasteiger partial charge in [0.2, 0.25) is 0 Å². The number of hydrogen-bond donors (Lipinski definition) is 1. The fourth-order valence-corrected chi connectivity index (χ4v) is 1.52. The van der Waals surface area contributed by atoms with Crippen LogP contribution in [-0.4, -0.2) is 14.4 Å². The highest BCUT2D eigenvalue weighted by Gasteiger charge is 2.29. The van der Waals surface area contributed by atoms with Gasteiger partial charge in [-0.1, -0.05) is 53.9 Å². The lowest BCUT2D eigenvalue weighted by atomic mass is 10.1. The van der Waals surface area contributed by atoms with Gasteiger partial charge >= 0.3 is 0 Å². The Bertz CT molecular complexity index is 195. The molecule has 4 heteroatoms. The number of rotatable bonds is 0. The van der Waals surface area contributed by atoms with Crippen molar-refractivity contribution in [3.05, 3.63) is 22.7 Å². The number of aliphatic hydroxyl groups is 1. The van der Waals surface area contributed by atoms with Crippen molar-refractivity contribution in [2.45, 2.75) is 9.34 Å². The molecule has 0 saturated carbocycles. The minimum absolute atomic E-state index is 0.489. The van der Waals surface area contributed by atoms with Gasteiger partial charge in [0.15, 0.2) is 0 Å². The average molecular weight is 333 g/mol. The van der Waals surface area contributed by atoms with Crippen LogP contribution in [0.15, 0.2) is 22.7 Å². The van der Waals surface area contributed by atoms with Crippen molar-refractivity contribution in [2.24, 2.45) is 0 Å². The van der Waals surface area contributed by atoms with E-state index < -0.39 is 9.34 Å². The molecule has 56 valence electrons. The molecule has 0 amide bonds. The van der Waals surface area contributed by atoms with Gasteiger partial charge in [0.05, 0.1) is 0 Å². The number of alkyl halides is 2. The smallest absolute Gasteiger partial charge is 0.128 e. The molecule has 0 spiro atoms. The summed E-state index contributed by atoms with van der Waals surface area (Å²) in [6.45, 7) is 0. The van der Waals surface area contributed by atoms with Crippen LogP contribution in [0.4, 0.5) is 0 Å². The molecule has 0 saturated heterocycles. The summed E-state index contributed by atoms with van der Waals surface area (Å²) < 4.78 is 0.409. The second-order valence-electron chi connectivity index (χ2n) is 2.00. The number of halogens is 3. The predicted octanol–water partition coefficient (Wildman–Crippen LogP) is 2.68. The van der Waals surface area contributed by atoms with Gasteiger partial charge in [-0.25, -0.2) is 0 Å². The molecular weight excluding hydrogens is 328 g/mol. The van der Waals surface area contributed by atoms with Gasteiger partial charge < -0.3 is 5.11 Å². The van der Waals surface area contributed by atoms with Gasteiger partial charge in [-0.15, -0.1) is 0 Å². The molecular formula is C6H5Br3O. The van der Waals surface area contributed by atoms with Crippen LogP contribution in [-0.2, 0) is 0 Å². The predicted molar refractivity (Wildman–Crippen MR) is 52.7 cm³/mol. The summed E-state index contributed by atoms with van der Waals surface area (Å²) in [5, 5.41) is 9.36. The Kier molecular flexibility index (Phi) is 2.77. The van der Waals surface area contributed by atoms with Gasteiger partial charge in [-0.2, -0.15) is 0 Å². The Morgan fingerprint density at radius 2 is 2.10 bits per heavy atom. The maximum Gasteiger partial charge on any atom is 0.128 e. The maximum atomic E-state index is 9.36. The number of hydrogen-bond acceptors (Lipinski definition) is 1. The third kappa shape index (κ3) is 1.94. The molecule has 0 aliphatic heterocycles. The van der Waals surface area contributed by atoms with Crippen molar-refractivity contribution >= 4 is 47.8 Å². The van der Waals surface area contributed by atoms with Crippen LogP contribution >= 0.6 is 47.8 Å². The van der Waals surface area contributed by atoms with Crippen molar-refractivity contribution < 1.29 is 5.11 Å². The van der Waals surface area contributed by atoms with Crippen LogP contribution in [0.25, 0.3) is 0 Å². The van der Waals surface area contributed by atoms with Crippen molar-refractivity contribution in [3.63, 3.8) is 0 Å². The molecule has 1 unspecified atom stereocenters. The van der Waals surface area contributed by atoms with Crippen molar-refractivity contribution in [3.8, 4) is 0 Å². The van der Waals surface area contributed by atoms with E-state index in [1.54, 1.807) is 6.08 Å².